The molecule has 2 rings (SSSR count). The van der Waals surface area contributed by atoms with Gasteiger partial charge >= 0.3 is 5.97 Å². The van der Waals surface area contributed by atoms with E-state index in [-0.39, 0.29) is 15.8 Å². The normalized spacial score (nSPS) is 24.2. The molecular formula is C10H13NO5S3. The van der Waals surface area contributed by atoms with Crippen molar-refractivity contribution < 1.29 is 22.5 Å². The highest BCUT2D eigenvalue weighted by Crippen LogP contribution is 2.20. The van der Waals surface area contributed by atoms with Crippen molar-refractivity contribution in [2.24, 2.45) is 0 Å². The molecule has 6 nitrogen and oxygen atoms in total. The molecule has 9 heteroatoms. The van der Waals surface area contributed by atoms with E-state index in [1.165, 1.54) is 5.38 Å². The minimum absolute atomic E-state index is 0.00915. The molecule has 1 aliphatic rings. The Morgan fingerprint density at radius 2 is 2.05 bits per heavy atom. The first-order chi connectivity index (χ1) is 8.88. The molecular weight excluding hydrogens is 310 g/mol. The maximum absolute atomic E-state index is 12.0. The van der Waals surface area contributed by atoms with Gasteiger partial charge in [-0.15, -0.1) is 11.3 Å². The van der Waals surface area contributed by atoms with Crippen molar-refractivity contribution in [3.8, 4) is 0 Å². The number of carboxylic acids is 1. The topological polar surface area (TPSA) is 101 Å². The first-order valence-corrected chi connectivity index (χ1v) is 9.43. The lowest BCUT2D eigenvalue weighted by molar-refractivity contribution is 0.0702. The van der Waals surface area contributed by atoms with Crippen LogP contribution in [-0.4, -0.2) is 41.3 Å². The molecule has 0 amide bonds. The first kappa shape index (κ1) is 14.6. The van der Waals surface area contributed by atoms with Crippen molar-refractivity contribution in [1.82, 2.24) is 4.72 Å². The zero-order valence-electron chi connectivity index (χ0n) is 9.87. The van der Waals surface area contributed by atoms with E-state index in [9.17, 15) is 17.4 Å². The standard InChI is InChI=1S/C10H13NO5S3/c12-10(13)9-5-8(6-17-9)19(15,16)11-7-1-3-18(14)4-2-7/h5-7,11H,1-4H2,(H,12,13). The zero-order chi connectivity index (χ0) is 14.0. The van der Waals surface area contributed by atoms with Crippen LogP contribution in [0.15, 0.2) is 16.3 Å². The molecule has 0 spiro atoms. The van der Waals surface area contributed by atoms with Crippen LogP contribution in [-0.2, 0) is 20.8 Å². The summed E-state index contributed by atoms with van der Waals surface area (Å²) in [6, 6.07) is 0.923. The molecule has 0 aromatic carbocycles. The van der Waals surface area contributed by atoms with Gasteiger partial charge in [0.2, 0.25) is 10.0 Å². The minimum Gasteiger partial charge on any atom is -0.477 e. The fourth-order valence-electron chi connectivity index (χ4n) is 1.77. The fourth-order valence-corrected chi connectivity index (χ4v) is 5.49. The Labute approximate surface area is 117 Å². The van der Waals surface area contributed by atoms with E-state index in [1.807, 2.05) is 0 Å². The fraction of sp³-hybridized carbons (Fsp3) is 0.500. The van der Waals surface area contributed by atoms with Crippen molar-refractivity contribution in [2.75, 3.05) is 11.5 Å². The van der Waals surface area contributed by atoms with E-state index < -0.39 is 26.8 Å². The molecule has 2 N–H and O–H groups in total. The molecule has 0 unspecified atom stereocenters. The Morgan fingerprint density at radius 1 is 1.42 bits per heavy atom. The SMILES string of the molecule is O=C(O)c1cc(S(=O)(=O)NC2CCS(=O)CC2)cs1. The van der Waals surface area contributed by atoms with E-state index >= 15 is 0 Å². The van der Waals surface area contributed by atoms with Gasteiger partial charge in [0.05, 0.1) is 4.90 Å². The van der Waals surface area contributed by atoms with E-state index in [0.717, 1.165) is 17.4 Å². The molecule has 1 aromatic heterocycles. The third-order valence-electron chi connectivity index (χ3n) is 2.81. The molecule has 1 fully saturated rings. The molecule has 1 aromatic rings. The van der Waals surface area contributed by atoms with Gasteiger partial charge in [-0.25, -0.2) is 17.9 Å². The number of carbonyl (C=O) groups is 1. The number of carboxylic acid groups (broad SMARTS) is 1. The smallest absolute Gasteiger partial charge is 0.345 e. The number of hydrogen-bond donors (Lipinski definition) is 2. The molecule has 0 bridgehead atoms. The summed E-state index contributed by atoms with van der Waals surface area (Å²) in [5.74, 6) is -0.145. The number of rotatable bonds is 4. The minimum atomic E-state index is -3.69. The summed E-state index contributed by atoms with van der Waals surface area (Å²) in [6.07, 6.45) is 1.09. The van der Waals surface area contributed by atoms with Gasteiger partial charge in [-0.1, -0.05) is 0 Å². The van der Waals surface area contributed by atoms with Gasteiger partial charge in [0.25, 0.3) is 0 Å². The Bertz CT molecular complexity index is 596. The van der Waals surface area contributed by atoms with Crippen LogP contribution in [0, 0.1) is 0 Å². The second-order valence-electron chi connectivity index (χ2n) is 4.20. The number of aromatic carboxylic acids is 1. The van der Waals surface area contributed by atoms with Crippen LogP contribution in [0.2, 0.25) is 0 Å². The quantitative estimate of drug-likeness (QED) is 0.846. The highest BCUT2D eigenvalue weighted by molar-refractivity contribution is 7.89. The second kappa shape index (κ2) is 5.70. The second-order valence-corrected chi connectivity index (χ2v) is 8.52. The average Bonchev–Trinajstić information content (AvgIpc) is 2.82. The average molecular weight is 323 g/mol. The van der Waals surface area contributed by atoms with Crippen LogP contribution < -0.4 is 4.72 Å². The Morgan fingerprint density at radius 3 is 2.58 bits per heavy atom. The molecule has 106 valence electrons. The highest BCUT2D eigenvalue weighted by atomic mass is 32.2. The Hall–Kier alpha value is -0.770. The van der Waals surface area contributed by atoms with Crippen LogP contribution >= 0.6 is 11.3 Å². The summed E-state index contributed by atoms with van der Waals surface area (Å²) in [4.78, 5) is 10.7. The summed E-state index contributed by atoms with van der Waals surface area (Å²) in [6.45, 7) is 0. The summed E-state index contributed by atoms with van der Waals surface area (Å²) < 4.78 is 37.8. The summed E-state index contributed by atoms with van der Waals surface area (Å²) in [5, 5.41) is 10.1. The Balaban J connectivity index is 2.09. The lowest BCUT2D eigenvalue weighted by Gasteiger charge is -2.21. The first-order valence-electron chi connectivity index (χ1n) is 5.57. The van der Waals surface area contributed by atoms with Crippen LogP contribution in [0.25, 0.3) is 0 Å². The summed E-state index contributed by atoms with van der Waals surface area (Å²) in [5.41, 5.74) is 0. The maximum atomic E-state index is 12.0. The van der Waals surface area contributed by atoms with Crippen LogP contribution in [0.1, 0.15) is 22.5 Å². The van der Waals surface area contributed by atoms with Crippen molar-refractivity contribution in [3.05, 3.63) is 16.3 Å². The van der Waals surface area contributed by atoms with Gasteiger partial charge in [-0.3, -0.25) is 4.21 Å². The molecule has 1 aliphatic heterocycles. The van der Waals surface area contributed by atoms with E-state index in [1.54, 1.807) is 0 Å². The lowest BCUT2D eigenvalue weighted by atomic mass is 10.2. The van der Waals surface area contributed by atoms with Crippen molar-refractivity contribution in [3.63, 3.8) is 0 Å². The van der Waals surface area contributed by atoms with Crippen molar-refractivity contribution in [1.29, 1.82) is 0 Å². The lowest BCUT2D eigenvalue weighted by Crippen LogP contribution is -2.39. The number of sulfonamides is 1. The summed E-state index contributed by atoms with van der Waals surface area (Å²) in [7, 11) is -4.54. The molecule has 0 radical (unpaired) electrons. The Kier molecular flexibility index (Phi) is 4.39. The predicted molar refractivity (Wildman–Crippen MR) is 72.5 cm³/mol. The zero-order valence-corrected chi connectivity index (χ0v) is 12.3. The molecule has 19 heavy (non-hydrogen) atoms. The summed E-state index contributed by atoms with van der Waals surface area (Å²) >= 11 is 0.880. The molecule has 0 saturated carbocycles. The van der Waals surface area contributed by atoms with Crippen molar-refractivity contribution in [2.45, 2.75) is 23.8 Å². The largest absolute Gasteiger partial charge is 0.477 e. The van der Waals surface area contributed by atoms with Crippen LogP contribution in [0.5, 0.6) is 0 Å². The van der Waals surface area contributed by atoms with E-state index in [0.29, 0.717) is 24.3 Å². The number of nitrogens with one attached hydrogen (secondary N) is 1. The van der Waals surface area contributed by atoms with E-state index in [4.69, 9.17) is 5.11 Å². The van der Waals surface area contributed by atoms with Gasteiger partial charge in [-0.2, -0.15) is 0 Å². The highest BCUT2D eigenvalue weighted by Gasteiger charge is 2.25. The molecule has 0 atom stereocenters. The maximum Gasteiger partial charge on any atom is 0.345 e. The third-order valence-corrected chi connectivity index (χ3v) is 6.76. The van der Waals surface area contributed by atoms with Crippen molar-refractivity contribution >= 4 is 38.1 Å². The van der Waals surface area contributed by atoms with Gasteiger partial charge in [0.1, 0.15) is 4.88 Å². The van der Waals surface area contributed by atoms with Gasteiger partial charge < -0.3 is 5.11 Å². The predicted octanol–water partition coefficient (Wildman–Crippen LogP) is 0.636. The molecule has 0 aliphatic carbocycles. The van der Waals surface area contributed by atoms with Gasteiger partial charge in [0, 0.05) is 33.7 Å². The van der Waals surface area contributed by atoms with Gasteiger partial charge in [-0.05, 0) is 18.9 Å². The number of thiophene rings is 1. The molecule has 2 heterocycles. The number of hydrogen-bond acceptors (Lipinski definition) is 5. The van der Waals surface area contributed by atoms with Gasteiger partial charge in [0.15, 0.2) is 0 Å². The van der Waals surface area contributed by atoms with E-state index in [2.05, 4.69) is 4.72 Å². The van der Waals surface area contributed by atoms with Crippen LogP contribution in [0.3, 0.4) is 0 Å². The molecule has 1 saturated heterocycles. The third kappa shape index (κ3) is 3.62. The van der Waals surface area contributed by atoms with Crippen LogP contribution in [0.4, 0.5) is 0 Å². The monoisotopic (exact) mass is 323 g/mol.